The lowest BCUT2D eigenvalue weighted by molar-refractivity contribution is 0.292. The molecule has 5 heteroatoms. The van der Waals surface area contributed by atoms with Gasteiger partial charge in [0, 0.05) is 29.9 Å². The van der Waals surface area contributed by atoms with Crippen molar-refractivity contribution in [3.63, 3.8) is 0 Å². The molecule has 0 saturated heterocycles. The van der Waals surface area contributed by atoms with Crippen molar-refractivity contribution >= 4 is 16.6 Å². The van der Waals surface area contributed by atoms with Gasteiger partial charge in [-0.2, -0.15) is 0 Å². The van der Waals surface area contributed by atoms with Crippen molar-refractivity contribution in [1.29, 1.82) is 0 Å². The van der Waals surface area contributed by atoms with Gasteiger partial charge in [0.25, 0.3) is 0 Å². The molecule has 2 aromatic rings. The van der Waals surface area contributed by atoms with Gasteiger partial charge in [0.15, 0.2) is 11.5 Å². The van der Waals surface area contributed by atoms with E-state index in [4.69, 9.17) is 20.2 Å². The highest BCUT2D eigenvalue weighted by Gasteiger charge is 2.20. The zero-order valence-corrected chi connectivity index (χ0v) is 13.2. The van der Waals surface area contributed by atoms with Crippen molar-refractivity contribution in [2.75, 3.05) is 32.6 Å². The molecule has 3 rings (SSSR count). The predicted molar refractivity (Wildman–Crippen MR) is 89.0 cm³/mol. The molecule has 0 saturated carbocycles. The fourth-order valence-corrected chi connectivity index (χ4v) is 3.09. The number of hydrogen-bond donors (Lipinski definition) is 2. The first kappa shape index (κ1) is 14.9. The third-order valence-electron chi connectivity index (χ3n) is 4.15. The normalized spacial score (nSPS) is 13.2. The molecular weight excluding hydrogens is 278 g/mol. The van der Waals surface area contributed by atoms with Gasteiger partial charge in [-0.3, -0.25) is 4.98 Å². The zero-order valence-electron chi connectivity index (χ0n) is 13.2. The van der Waals surface area contributed by atoms with Crippen molar-refractivity contribution < 1.29 is 9.47 Å². The van der Waals surface area contributed by atoms with Crippen LogP contribution in [0.4, 0.5) is 5.69 Å². The molecule has 1 aliphatic rings. The number of aromatic nitrogens is 1. The lowest BCUT2D eigenvalue weighted by Gasteiger charge is -2.16. The zero-order chi connectivity index (χ0) is 15.5. The van der Waals surface area contributed by atoms with E-state index in [2.05, 4.69) is 5.32 Å². The van der Waals surface area contributed by atoms with Crippen molar-refractivity contribution in [3.05, 3.63) is 23.4 Å². The van der Waals surface area contributed by atoms with Crippen LogP contribution in [0.25, 0.3) is 10.9 Å². The summed E-state index contributed by atoms with van der Waals surface area (Å²) in [7, 11) is 3.63. The maximum atomic E-state index is 5.80. The molecule has 0 atom stereocenters. The summed E-state index contributed by atoms with van der Waals surface area (Å²) in [4.78, 5) is 4.83. The van der Waals surface area contributed by atoms with Gasteiger partial charge in [-0.15, -0.1) is 0 Å². The van der Waals surface area contributed by atoms with E-state index in [0.29, 0.717) is 13.2 Å². The molecule has 5 nitrogen and oxygen atoms in total. The topological polar surface area (TPSA) is 69.4 Å². The van der Waals surface area contributed by atoms with Crippen LogP contribution in [0.3, 0.4) is 0 Å². The molecule has 118 valence electrons. The number of rotatable bonds is 6. The largest absolute Gasteiger partial charge is 0.493 e. The highest BCUT2D eigenvalue weighted by Crippen LogP contribution is 2.39. The number of pyridine rings is 1. The molecular formula is C17H23N3O2. The number of nitrogens with one attached hydrogen (secondary N) is 1. The van der Waals surface area contributed by atoms with E-state index in [-0.39, 0.29) is 0 Å². The number of nitrogens with two attached hydrogens (primary N) is 1. The quantitative estimate of drug-likeness (QED) is 0.802. The number of aryl methyl sites for hydroxylation is 1. The van der Waals surface area contributed by atoms with Crippen molar-refractivity contribution in [2.24, 2.45) is 5.73 Å². The minimum absolute atomic E-state index is 0.586. The summed E-state index contributed by atoms with van der Waals surface area (Å²) in [6.45, 7) is 1.20. The molecule has 3 N–H and O–H groups in total. The Labute approximate surface area is 130 Å². The van der Waals surface area contributed by atoms with E-state index in [1.54, 1.807) is 7.11 Å². The Morgan fingerprint density at radius 3 is 2.86 bits per heavy atom. The van der Waals surface area contributed by atoms with Crippen LogP contribution in [-0.2, 0) is 12.8 Å². The molecule has 0 amide bonds. The number of nitrogens with zero attached hydrogens (tertiary/aromatic N) is 1. The lowest BCUT2D eigenvalue weighted by atomic mass is 10.1. The van der Waals surface area contributed by atoms with Gasteiger partial charge in [0.2, 0.25) is 0 Å². The molecule has 0 fully saturated rings. The monoisotopic (exact) mass is 301 g/mol. The number of anilines is 1. The number of benzene rings is 1. The number of fused-ring (bicyclic) bond motifs is 2. The minimum Gasteiger partial charge on any atom is -0.493 e. The Hall–Kier alpha value is -2.01. The van der Waals surface area contributed by atoms with Gasteiger partial charge < -0.3 is 20.5 Å². The molecule has 0 radical (unpaired) electrons. The second-order valence-electron chi connectivity index (χ2n) is 5.53. The minimum atomic E-state index is 0.586. The Kier molecular flexibility index (Phi) is 4.34. The van der Waals surface area contributed by atoms with Crippen molar-refractivity contribution in [3.8, 4) is 11.5 Å². The highest BCUT2D eigenvalue weighted by atomic mass is 16.5. The van der Waals surface area contributed by atoms with Crippen LogP contribution in [0, 0.1) is 0 Å². The fourth-order valence-electron chi connectivity index (χ4n) is 3.09. The van der Waals surface area contributed by atoms with Crippen LogP contribution in [-0.4, -0.2) is 32.3 Å². The second-order valence-corrected chi connectivity index (χ2v) is 5.53. The van der Waals surface area contributed by atoms with Crippen LogP contribution < -0.4 is 20.5 Å². The molecule has 1 aromatic carbocycles. The smallest absolute Gasteiger partial charge is 0.163 e. The standard InChI is InChI=1S/C17H23N3O2/c1-19-17-11-5-3-6-13(11)20-14-10-16(22-8-4-7-18)15(21-2)9-12(14)17/h9-10H,3-8,18H2,1-2H3,(H,19,20). The van der Waals surface area contributed by atoms with Gasteiger partial charge in [-0.1, -0.05) is 0 Å². The molecule has 1 aliphatic carbocycles. The molecule has 1 heterocycles. The average Bonchev–Trinajstić information content (AvgIpc) is 3.00. The van der Waals surface area contributed by atoms with Crippen LogP contribution >= 0.6 is 0 Å². The second kappa shape index (κ2) is 6.40. The Morgan fingerprint density at radius 2 is 2.14 bits per heavy atom. The molecule has 0 unspecified atom stereocenters. The lowest BCUT2D eigenvalue weighted by Crippen LogP contribution is -2.07. The van der Waals surface area contributed by atoms with E-state index in [9.17, 15) is 0 Å². The number of methoxy groups -OCH3 is 1. The van der Waals surface area contributed by atoms with Gasteiger partial charge in [0.1, 0.15) is 0 Å². The molecule has 0 aliphatic heterocycles. The Morgan fingerprint density at radius 1 is 1.27 bits per heavy atom. The summed E-state index contributed by atoms with van der Waals surface area (Å²) in [6, 6.07) is 3.99. The summed E-state index contributed by atoms with van der Waals surface area (Å²) < 4.78 is 11.3. The molecule has 22 heavy (non-hydrogen) atoms. The van der Waals surface area contributed by atoms with Gasteiger partial charge in [-0.25, -0.2) is 0 Å². The molecule has 0 spiro atoms. The summed E-state index contributed by atoms with van der Waals surface area (Å²) in [5.74, 6) is 1.47. The molecule has 1 aromatic heterocycles. The first-order chi connectivity index (χ1) is 10.8. The van der Waals surface area contributed by atoms with Gasteiger partial charge in [-0.05, 0) is 43.9 Å². The third kappa shape index (κ3) is 2.57. The van der Waals surface area contributed by atoms with Gasteiger partial charge in [0.05, 0.1) is 19.2 Å². The third-order valence-corrected chi connectivity index (χ3v) is 4.15. The van der Waals surface area contributed by atoms with Crippen molar-refractivity contribution in [1.82, 2.24) is 4.98 Å². The van der Waals surface area contributed by atoms with Crippen LogP contribution in [0.2, 0.25) is 0 Å². The number of hydrogen-bond acceptors (Lipinski definition) is 5. The maximum absolute atomic E-state index is 5.80. The van der Waals surface area contributed by atoms with Crippen molar-refractivity contribution in [2.45, 2.75) is 25.7 Å². The SMILES string of the molecule is CNc1c2c(nc3cc(OCCCN)c(OC)cc13)CCC2. The predicted octanol–water partition coefficient (Wildman–Crippen LogP) is 2.50. The summed E-state index contributed by atoms with van der Waals surface area (Å²) in [5.41, 5.74) is 10.2. The van der Waals surface area contributed by atoms with E-state index in [0.717, 1.165) is 41.7 Å². The van der Waals surface area contributed by atoms with Gasteiger partial charge >= 0.3 is 0 Å². The highest BCUT2D eigenvalue weighted by molar-refractivity contribution is 5.95. The van der Waals surface area contributed by atoms with Crippen LogP contribution in [0.1, 0.15) is 24.1 Å². The fraction of sp³-hybridized carbons (Fsp3) is 0.471. The van der Waals surface area contributed by atoms with Crippen LogP contribution in [0.15, 0.2) is 12.1 Å². The Bertz CT molecular complexity index is 685. The van der Waals surface area contributed by atoms with E-state index in [1.165, 1.54) is 23.4 Å². The average molecular weight is 301 g/mol. The first-order valence-corrected chi connectivity index (χ1v) is 7.82. The first-order valence-electron chi connectivity index (χ1n) is 7.82. The molecule has 0 bridgehead atoms. The summed E-state index contributed by atoms with van der Waals surface area (Å²) in [6.07, 6.45) is 4.13. The number of ether oxygens (including phenoxy) is 2. The Balaban J connectivity index is 2.10. The summed E-state index contributed by atoms with van der Waals surface area (Å²) >= 11 is 0. The maximum Gasteiger partial charge on any atom is 0.163 e. The van der Waals surface area contributed by atoms with E-state index in [1.807, 2.05) is 19.2 Å². The van der Waals surface area contributed by atoms with Crippen LogP contribution in [0.5, 0.6) is 11.5 Å². The van der Waals surface area contributed by atoms with E-state index < -0.39 is 0 Å². The summed E-state index contributed by atoms with van der Waals surface area (Å²) in [5, 5.41) is 4.43. The van der Waals surface area contributed by atoms with E-state index >= 15 is 0 Å².